The first-order valence-corrected chi connectivity index (χ1v) is 6.39. The van der Waals surface area contributed by atoms with E-state index in [2.05, 4.69) is 30.5 Å². The number of carbonyl (C=O) groups is 1. The van der Waals surface area contributed by atoms with Gasteiger partial charge in [-0.1, -0.05) is 36.8 Å². The van der Waals surface area contributed by atoms with E-state index in [-0.39, 0.29) is 11.2 Å². The largest absolute Gasteiger partial charge is 0.293 e. The van der Waals surface area contributed by atoms with Crippen LogP contribution in [-0.4, -0.2) is 11.2 Å². The highest BCUT2D eigenvalue weighted by molar-refractivity contribution is 7.99. The predicted molar refractivity (Wildman–Crippen MR) is 68.9 cm³/mol. The molecule has 0 aliphatic heterocycles. The summed E-state index contributed by atoms with van der Waals surface area (Å²) in [4.78, 5) is 11.4. The molecular weight excluding hydrogens is 220 g/mol. The maximum Gasteiger partial charge on any atom is 0.246 e. The molecule has 0 saturated carbocycles. The minimum Gasteiger partial charge on any atom is -0.293 e. The highest BCUT2D eigenvalue weighted by Crippen LogP contribution is 2.20. The number of carbonyl (C=O) groups excluding carboxylic acids is 1. The van der Waals surface area contributed by atoms with Crippen molar-refractivity contribution in [3.63, 3.8) is 0 Å². The summed E-state index contributed by atoms with van der Waals surface area (Å²) in [6, 6.07) is 8.32. The van der Waals surface area contributed by atoms with Crippen molar-refractivity contribution in [2.75, 3.05) is 0 Å². The van der Waals surface area contributed by atoms with Gasteiger partial charge in [0.1, 0.15) is 0 Å². The normalized spacial score (nSPS) is 12.2. The quantitative estimate of drug-likeness (QED) is 0.468. The molecule has 0 bridgehead atoms. The van der Waals surface area contributed by atoms with Gasteiger partial charge in [-0.15, -0.1) is 11.8 Å². The Morgan fingerprint density at radius 1 is 1.56 bits per heavy atom. The van der Waals surface area contributed by atoms with Crippen LogP contribution >= 0.6 is 11.8 Å². The lowest BCUT2D eigenvalue weighted by atomic mass is 10.2. The van der Waals surface area contributed by atoms with Crippen LogP contribution in [0.3, 0.4) is 0 Å². The number of hydrogen-bond acceptors (Lipinski definition) is 3. The van der Waals surface area contributed by atoms with E-state index in [1.54, 1.807) is 11.8 Å². The van der Waals surface area contributed by atoms with Crippen LogP contribution in [0.15, 0.2) is 24.3 Å². The number of rotatable bonds is 5. The molecule has 0 fully saturated rings. The molecule has 1 unspecified atom stereocenters. The maximum atomic E-state index is 11.4. The van der Waals surface area contributed by atoms with Crippen molar-refractivity contribution in [2.24, 2.45) is 5.84 Å². The molecule has 3 N–H and O–H groups in total. The van der Waals surface area contributed by atoms with Crippen LogP contribution < -0.4 is 11.3 Å². The van der Waals surface area contributed by atoms with Crippen molar-refractivity contribution in [1.82, 2.24) is 5.43 Å². The zero-order valence-electron chi connectivity index (χ0n) is 9.69. The fraction of sp³-hybridized carbons (Fsp3) is 0.417. The monoisotopic (exact) mass is 238 g/mol. The number of thioether (sulfide) groups is 1. The molecule has 0 saturated heterocycles. The minimum atomic E-state index is -0.0971. The molecule has 16 heavy (non-hydrogen) atoms. The summed E-state index contributed by atoms with van der Waals surface area (Å²) in [7, 11) is 0. The van der Waals surface area contributed by atoms with Gasteiger partial charge in [0.25, 0.3) is 0 Å². The van der Waals surface area contributed by atoms with Crippen LogP contribution in [-0.2, 0) is 10.5 Å². The van der Waals surface area contributed by atoms with Crippen molar-refractivity contribution in [2.45, 2.75) is 31.3 Å². The number of amides is 1. The Hall–Kier alpha value is -1.00. The first-order valence-electron chi connectivity index (χ1n) is 5.35. The van der Waals surface area contributed by atoms with Crippen molar-refractivity contribution >= 4 is 17.7 Å². The molecular formula is C12H18N2OS. The molecule has 1 rings (SSSR count). The van der Waals surface area contributed by atoms with Gasteiger partial charge >= 0.3 is 0 Å². The van der Waals surface area contributed by atoms with E-state index >= 15 is 0 Å². The summed E-state index contributed by atoms with van der Waals surface area (Å²) in [6.07, 6.45) is 0.791. The molecule has 1 amide bonds. The maximum absolute atomic E-state index is 11.4. The Morgan fingerprint density at radius 3 is 2.88 bits per heavy atom. The van der Waals surface area contributed by atoms with Crippen LogP contribution in [0.4, 0.5) is 0 Å². The van der Waals surface area contributed by atoms with Gasteiger partial charge in [0, 0.05) is 5.75 Å². The fourth-order valence-electron chi connectivity index (χ4n) is 1.47. The Morgan fingerprint density at radius 2 is 2.31 bits per heavy atom. The van der Waals surface area contributed by atoms with Gasteiger partial charge in [-0.2, -0.15) is 0 Å². The number of hydrogen-bond donors (Lipinski definition) is 2. The average molecular weight is 238 g/mol. The molecule has 88 valence electrons. The van der Waals surface area contributed by atoms with Crippen LogP contribution in [0, 0.1) is 6.92 Å². The SMILES string of the molecule is CCC(SCc1cccc(C)c1)C(=O)NN. The van der Waals surface area contributed by atoms with Gasteiger partial charge < -0.3 is 0 Å². The van der Waals surface area contributed by atoms with Gasteiger partial charge in [-0.25, -0.2) is 5.84 Å². The Bertz CT molecular complexity index is 355. The molecule has 0 aromatic heterocycles. The lowest BCUT2D eigenvalue weighted by Gasteiger charge is -2.12. The first kappa shape index (κ1) is 13.1. The van der Waals surface area contributed by atoms with Gasteiger partial charge in [0.05, 0.1) is 5.25 Å². The van der Waals surface area contributed by atoms with Crippen LogP contribution in [0.25, 0.3) is 0 Å². The second kappa shape index (κ2) is 6.55. The summed E-state index contributed by atoms with van der Waals surface area (Å²) in [5.74, 6) is 5.87. The van der Waals surface area contributed by atoms with E-state index in [9.17, 15) is 4.79 Å². The van der Waals surface area contributed by atoms with E-state index in [1.807, 2.05) is 13.0 Å². The molecule has 4 heteroatoms. The number of benzene rings is 1. The van der Waals surface area contributed by atoms with Crippen LogP contribution in [0.1, 0.15) is 24.5 Å². The molecule has 0 heterocycles. The molecule has 0 spiro atoms. The summed E-state index contributed by atoms with van der Waals surface area (Å²) in [5, 5.41) is -0.0643. The zero-order chi connectivity index (χ0) is 12.0. The second-order valence-electron chi connectivity index (χ2n) is 3.71. The van der Waals surface area contributed by atoms with E-state index in [1.165, 1.54) is 11.1 Å². The lowest BCUT2D eigenvalue weighted by molar-refractivity contribution is -0.120. The average Bonchev–Trinajstić information content (AvgIpc) is 2.29. The molecule has 1 atom stereocenters. The summed E-state index contributed by atoms with van der Waals surface area (Å²) in [6.45, 7) is 4.06. The number of aryl methyl sites for hydroxylation is 1. The topological polar surface area (TPSA) is 55.1 Å². The zero-order valence-corrected chi connectivity index (χ0v) is 10.5. The van der Waals surface area contributed by atoms with Crippen molar-refractivity contribution in [3.8, 4) is 0 Å². The van der Waals surface area contributed by atoms with E-state index in [0.717, 1.165) is 12.2 Å². The van der Waals surface area contributed by atoms with Gasteiger partial charge in [-0.3, -0.25) is 10.2 Å². The Kier molecular flexibility index (Phi) is 5.35. The molecule has 0 aliphatic rings. The fourth-order valence-corrected chi connectivity index (χ4v) is 2.50. The van der Waals surface area contributed by atoms with Gasteiger partial charge in [-0.05, 0) is 18.9 Å². The van der Waals surface area contributed by atoms with Crippen molar-refractivity contribution < 1.29 is 4.79 Å². The summed E-state index contributed by atoms with van der Waals surface area (Å²) < 4.78 is 0. The van der Waals surface area contributed by atoms with Crippen molar-refractivity contribution in [3.05, 3.63) is 35.4 Å². The number of nitrogens with two attached hydrogens (primary N) is 1. The van der Waals surface area contributed by atoms with Crippen molar-refractivity contribution in [1.29, 1.82) is 0 Å². The summed E-state index contributed by atoms with van der Waals surface area (Å²) in [5.41, 5.74) is 4.69. The second-order valence-corrected chi connectivity index (χ2v) is 4.90. The third-order valence-corrected chi connectivity index (χ3v) is 3.79. The smallest absolute Gasteiger partial charge is 0.246 e. The van der Waals surface area contributed by atoms with Crippen LogP contribution in [0.2, 0.25) is 0 Å². The highest BCUT2D eigenvalue weighted by atomic mass is 32.2. The molecule has 1 aromatic carbocycles. The molecule has 0 radical (unpaired) electrons. The van der Waals surface area contributed by atoms with Crippen LogP contribution in [0.5, 0.6) is 0 Å². The standard InChI is InChI=1S/C12H18N2OS/c1-3-11(12(15)14-13)16-8-10-6-4-5-9(2)7-10/h4-7,11H,3,8,13H2,1-2H3,(H,14,15). The summed E-state index contributed by atoms with van der Waals surface area (Å²) >= 11 is 1.62. The lowest BCUT2D eigenvalue weighted by Crippen LogP contribution is -2.37. The molecule has 1 aromatic rings. The third-order valence-electron chi connectivity index (χ3n) is 2.34. The van der Waals surface area contributed by atoms with Gasteiger partial charge in [0.2, 0.25) is 5.91 Å². The Balaban J connectivity index is 2.52. The van der Waals surface area contributed by atoms with E-state index in [0.29, 0.717) is 0 Å². The molecule has 3 nitrogen and oxygen atoms in total. The van der Waals surface area contributed by atoms with E-state index < -0.39 is 0 Å². The van der Waals surface area contributed by atoms with E-state index in [4.69, 9.17) is 5.84 Å². The Labute approximate surface area is 101 Å². The third kappa shape index (κ3) is 3.87. The highest BCUT2D eigenvalue weighted by Gasteiger charge is 2.15. The first-order chi connectivity index (χ1) is 7.67. The number of hydrazine groups is 1. The number of nitrogens with one attached hydrogen (secondary N) is 1. The molecule has 0 aliphatic carbocycles. The predicted octanol–water partition coefficient (Wildman–Crippen LogP) is 2.00. The minimum absolute atomic E-state index is 0.0643. The van der Waals surface area contributed by atoms with Gasteiger partial charge in [0.15, 0.2) is 0 Å².